The van der Waals surface area contributed by atoms with Gasteiger partial charge in [0.15, 0.2) is 0 Å². The number of halogens is 2. The number of benzene rings is 2. The quantitative estimate of drug-likeness (QED) is 0.244. The Morgan fingerprint density at radius 1 is 1.30 bits per heavy atom. The summed E-state index contributed by atoms with van der Waals surface area (Å²) in [6.07, 6.45) is 1.81. The smallest absolute Gasteiger partial charge is 0.312 e. The summed E-state index contributed by atoms with van der Waals surface area (Å²) in [6, 6.07) is 8.26. The van der Waals surface area contributed by atoms with Gasteiger partial charge in [-0.3, -0.25) is 14.9 Å². The molecule has 156 valence electrons. The maximum Gasteiger partial charge on any atom is 0.312 e. The number of nitrogens with zero attached hydrogens (tertiary/aromatic N) is 4. The highest BCUT2D eigenvalue weighted by molar-refractivity contribution is 9.10. The SMILES string of the molecule is CC[C@@H](C)Oc1c(C=Nn2c(C)nc3ccc(Br)cc3c2=O)cc(Br)cc1[N+](=O)[O-]. The van der Waals surface area contributed by atoms with E-state index in [1.807, 2.05) is 13.8 Å². The number of hydrogen-bond donors (Lipinski definition) is 0. The van der Waals surface area contributed by atoms with Gasteiger partial charge in [-0.25, -0.2) is 4.98 Å². The van der Waals surface area contributed by atoms with Gasteiger partial charge >= 0.3 is 5.69 Å². The molecule has 0 aliphatic carbocycles. The fourth-order valence-electron chi connectivity index (χ4n) is 2.76. The molecule has 1 heterocycles. The Kier molecular flexibility index (Phi) is 6.67. The van der Waals surface area contributed by atoms with E-state index in [1.165, 1.54) is 12.3 Å². The van der Waals surface area contributed by atoms with Crippen molar-refractivity contribution < 1.29 is 9.66 Å². The van der Waals surface area contributed by atoms with Crippen molar-refractivity contribution >= 4 is 54.7 Å². The van der Waals surface area contributed by atoms with Gasteiger partial charge in [-0.15, -0.1) is 0 Å². The van der Waals surface area contributed by atoms with Crippen molar-refractivity contribution in [2.24, 2.45) is 5.10 Å². The Morgan fingerprint density at radius 2 is 2.03 bits per heavy atom. The Labute approximate surface area is 189 Å². The lowest BCUT2D eigenvalue weighted by molar-refractivity contribution is -0.386. The van der Waals surface area contributed by atoms with E-state index in [2.05, 4.69) is 41.9 Å². The molecule has 0 unspecified atom stereocenters. The number of ether oxygens (including phenoxy) is 1. The predicted octanol–water partition coefficient (Wildman–Crippen LogP) is 5.20. The van der Waals surface area contributed by atoms with Crippen molar-refractivity contribution in [3.05, 3.63) is 71.1 Å². The summed E-state index contributed by atoms with van der Waals surface area (Å²) in [4.78, 5) is 28.4. The highest BCUT2D eigenvalue weighted by atomic mass is 79.9. The van der Waals surface area contributed by atoms with E-state index < -0.39 is 4.92 Å². The predicted molar refractivity (Wildman–Crippen MR) is 123 cm³/mol. The van der Waals surface area contributed by atoms with E-state index in [4.69, 9.17) is 4.74 Å². The van der Waals surface area contributed by atoms with Crippen LogP contribution in [0.2, 0.25) is 0 Å². The lowest BCUT2D eigenvalue weighted by Crippen LogP contribution is -2.20. The van der Waals surface area contributed by atoms with Crippen LogP contribution < -0.4 is 10.3 Å². The number of aryl methyl sites for hydroxylation is 1. The number of aromatic nitrogens is 2. The number of rotatable bonds is 6. The molecule has 0 aliphatic heterocycles. The second-order valence-corrected chi connectivity index (χ2v) is 8.45. The fourth-order valence-corrected chi connectivity index (χ4v) is 3.58. The second kappa shape index (κ2) is 9.05. The Morgan fingerprint density at radius 3 is 2.70 bits per heavy atom. The molecule has 0 bridgehead atoms. The van der Waals surface area contributed by atoms with Gasteiger partial charge < -0.3 is 4.74 Å². The van der Waals surface area contributed by atoms with Gasteiger partial charge in [0.05, 0.1) is 28.1 Å². The number of nitro groups is 1. The molecular formula is C20H18Br2N4O4. The Bertz CT molecular complexity index is 1220. The first kappa shape index (κ1) is 22.1. The molecule has 0 radical (unpaired) electrons. The van der Waals surface area contributed by atoms with Crippen LogP contribution in [0.15, 0.2) is 49.2 Å². The van der Waals surface area contributed by atoms with Crippen LogP contribution in [0, 0.1) is 17.0 Å². The molecule has 10 heteroatoms. The molecule has 1 atom stereocenters. The fraction of sp³-hybridized carbons (Fsp3) is 0.250. The topological polar surface area (TPSA) is 99.6 Å². The third-order valence-corrected chi connectivity index (χ3v) is 5.39. The summed E-state index contributed by atoms with van der Waals surface area (Å²) in [6.45, 7) is 5.41. The first-order valence-electron chi connectivity index (χ1n) is 9.09. The van der Waals surface area contributed by atoms with Crippen LogP contribution in [-0.4, -0.2) is 26.9 Å². The molecule has 0 aliphatic rings. The monoisotopic (exact) mass is 536 g/mol. The van der Waals surface area contributed by atoms with Crippen LogP contribution >= 0.6 is 31.9 Å². The van der Waals surface area contributed by atoms with Gasteiger partial charge in [-0.2, -0.15) is 9.78 Å². The largest absolute Gasteiger partial charge is 0.483 e. The van der Waals surface area contributed by atoms with E-state index in [0.29, 0.717) is 33.2 Å². The van der Waals surface area contributed by atoms with Crippen LogP contribution in [0.4, 0.5) is 5.69 Å². The molecular weight excluding hydrogens is 520 g/mol. The van der Waals surface area contributed by atoms with Crippen LogP contribution in [0.5, 0.6) is 5.75 Å². The molecule has 3 rings (SSSR count). The van der Waals surface area contributed by atoms with Gasteiger partial charge in [0.1, 0.15) is 5.82 Å². The van der Waals surface area contributed by atoms with Gasteiger partial charge in [0.2, 0.25) is 5.75 Å². The van der Waals surface area contributed by atoms with Gasteiger partial charge in [-0.1, -0.05) is 38.8 Å². The summed E-state index contributed by atoms with van der Waals surface area (Å²) < 4.78 is 8.22. The molecule has 0 spiro atoms. The van der Waals surface area contributed by atoms with Gasteiger partial charge in [-0.05, 0) is 44.5 Å². The van der Waals surface area contributed by atoms with E-state index in [-0.39, 0.29) is 23.1 Å². The van der Waals surface area contributed by atoms with E-state index in [9.17, 15) is 14.9 Å². The van der Waals surface area contributed by atoms with E-state index in [0.717, 1.165) is 9.15 Å². The van der Waals surface area contributed by atoms with Crippen LogP contribution in [-0.2, 0) is 0 Å². The van der Waals surface area contributed by atoms with Crippen LogP contribution in [0.25, 0.3) is 10.9 Å². The Hall–Kier alpha value is -2.59. The molecule has 0 N–H and O–H groups in total. The molecule has 30 heavy (non-hydrogen) atoms. The molecule has 0 amide bonds. The first-order valence-corrected chi connectivity index (χ1v) is 10.7. The van der Waals surface area contributed by atoms with Crippen molar-refractivity contribution in [3.8, 4) is 5.75 Å². The second-order valence-electron chi connectivity index (χ2n) is 6.62. The van der Waals surface area contributed by atoms with Crippen molar-refractivity contribution in [1.82, 2.24) is 9.66 Å². The van der Waals surface area contributed by atoms with Gasteiger partial charge in [0.25, 0.3) is 5.56 Å². The van der Waals surface area contributed by atoms with Crippen molar-refractivity contribution in [2.45, 2.75) is 33.3 Å². The third-order valence-electron chi connectivity index (χ3n) is 4.44. The minimum atomic E-state index is -0.508. The summed E-state index contributed by atoms with van der Waals surface area (Å²) in [5.74, 6) is 0.489. The molecule has 2 aromatic carbocycles. The number of nitro benzene ring substituents is 1. The minimum Gasteiger partial charge on any atom is -0.483 e. The maximum atomic E-state index is 12.9. The zero-order valence-corrected chi connectivity index (χ0v) is 19.6. The summed E-state index contributed by atoms with van der Waals surface area (Å²) in [5.41, 5.74) is 0.405. The Balaban J connectivity index is 2.16. The van der Waals surface area contributed by atoms with Crippen LogP contribution in [0.3, 0.4) is 0 Å². The third kappa shape index (κ3) is 4.59. The molecule has 3 aromatic rings. The average Bonchev–Trinajstić information content (AvgIpc) is 2.69. The maximum absolute atomic E-state index is 12.9. The number of fused-ring (bicyclic) bond motifs is 1. The van der Waals surface area contributed by atoms with E-state index >= 15 is 0 Å². The lowest BCUT2D eigenvalue weighted by Gasteiger charge is -2.15. The van der Waals surface area contributed by atoms with E-state index in [1.54, 1.807) is 31.2 Å². The highest BCUT2D eigenvalue weighted by Crippen LogP contribution is 2.35. The molecule has 0 saturated carbocycles. The lowest BCUT2D eigenvalue weighted by atomic mass is 10.2. The zero-order valence-electron chi connectivity index (χ0n) is 16.4. The average molecular weight is 538 g/mol. The van der Waals surface area contributed by atoms with Crippen molar-refractivity contribution in [2.75, 3.05) is 0 Å². The molecule has 0 fully saturated rings. The normalized spacial score (nSPS) is 12.4. The highest BCUT2D eigenvalue weighted by Gasteiger charge is 2.22. The van der Waals surface area contributed by atoms with Crippen LogP contribution in [0.1, 0.15) is 31.7 Å². The standard InChI is InChI=1S/C20H18Br2N4O4/c1-4-11(2)30-19-13(7-15(22)9-18(19)26(28)29)10-23-25-12(3)24-17-6-5-14(21)8-16(17)20(25)27/h5-11H,4H2,1-3H3/t11-/m1/s1. The summed E-state index contributed by atoms with van der Waals surface area (Å²) >= 11 is 6.64. The molecule has 8 nitrogen and oxygen atoms in total. The molecule has 0 saturated heterocycles. The zero-order chi connectivity index (χ0) is 22.0. The van der Waals surface area contributed by atoms with Crippen molar-refractivity contribution in [1.29, 1.82) is 0 Å². The molecule has 1 aromatic heterocycles. The van der Waals surface area contributed by atoms with Gasteiger partial charge in [0, 0.05) is 20.6 Å². The minimum absolute atomic E-state index is 0.100. The number of hydrogen-bond acceptors (Lipinski definition) is 6. The van der Waals surface area contributed by atoms with Crippen molar-refractivity contribution in [3.63, 3.8) is 0 Å². The summed E-state index contributed by atoms with van der Waals surface area (Å²) in [5, 5.41) is 16.2. The summed E-state index contributed by atoms with van der Waals surface area (Å²) in [7, 11) is 0. The first-order chi connectivity index (χ1) is 14.2.